The number of hydrogen-bond acceptors (Lipinski definition) is 6. The first-order valence-electron chi connectivity index (χ1n) is 9.12. The SMILES string of the molecule is CCc1ccc(NC(=O)[C@H](C)Sc2nnc(COc3cccc(C)c3)o2)cc1. The first-order valence-corrected chi connectivity index (χ1v) is 9.99. The van der Waals surface area contributed by atoms with E-state index in [1.165, 1.54) is 17.3 Å². The van der Waals surface area contributed by atoms with Crippen molar-refractivity contribution in [1.29, 1.82) is 0 Å². The van der Waals surface area contributed by atoms with Crippen molar-refractivity contribution >= 4 is 23.4 Å². The molecule has 7 heteroatoms. The predicted molar refractivity (Wildman–Crippen MR) is 110 cm³/mol. The van der Waals surface area contributed by atoms with Gasteiger partial charge in [-0.15, -0.1) is 10.2 Å². The summed E-state index contributed by atoms with van der Waals surface area (Å²) in [5.41, 5.74) is 3.11. The number of hydrogen-bond donors (Lipinski definition) is 1. The van der Waals surface area contributed by atoms with Gasteiger partial charge in [-0.1, -0.05) is 43.0 Å². The van der Waals surface area contributed by atoms with E-state index in [-0.39, 0.29) is 17.8 Å². The van der Waals surface area contributed by atoms with E-state index in [1.54, 1.807) is 6.92 Å². The lowest BCUT2D eigenvalue weighted by Crippen LogP contribution is -2.22. The van der Waals surface area contributed by atoms with Crippen LogP contribution in [0.15, 0.2) is 58.2 Å². The Morgan fingerprint density at radius 2 is 2.00 bits per heavy atom. The summed E-state index contributed by atoms with van der Waals surface area (Å²) in [6, 6.07) is 15.6. The normalized spacial score (nSPS) is 11.8. The van der Waals surface area contributed by atoms with Crippen molar-refractivity contribution in [2.45, 2.75) is 44.3 Å². The van der Waals surface area contributed by atoms with Crippen molar-refractivity contribution in [1.82, 2.24) is 10.2 Å². The number of carbonyl (C=O) groups excluding carboxylic acids is 1. The fourth-order valence-corrected chi connectivity index (χ4v) is 3.17. The van der Waals surface area contributed by atoms with Gasteiger partial charge in [-0.3, -0.25) is 4.79 Å². The summed E-state index contributed by atoms with van der Waals surface area (Å²) in [6.07, 6.45) is 0.966. The standard InChI is InChI=1S/C21H23N3O3S/c1-4-16-8-10-17(11-9-16)22-20(25)15(3)28-21-24-23-19(27-21)13-26-18-7-5-6-14(2)12-18/h5-12,15H,4,13H2,1-3H3,(H,22,25)/t15-/m0/s1. The van der Waals surface area contributed by atoms with Gasteiger partial charge in [-0.2, -0.15) is 0 Å². The van der Waals surface area contributed by atoms with Gasteiger partial charge < -0.3 is 14.5 Å². The van der Waals surface area contributed by atoms with Gasteiger partial charge in [0.15, 0.2) is 6.61 Å². The summed E-state index contributed by atoms with van der Waals surface area (Å²) in [4.78, 5) is 12.4. The lowest BCUT2D eigenvalue weighted by molar-refractivity contribution is -0.115. The molecule has 28 heavy (non-hydrogen) atoms. The summed E-state index contributed by atoms with van der Waals surface area (Å²) in [5.74, 6) is 0.992. The molecule has 0 bridgehead atoms. The highest BCUT2D eigenvalue weighted by Gasteiger charge is 2.18. The summed E-state index contributed by atoms with van der Waals surface area (Å²) >= 11 is 1.22. The minimum Gasteiger partial charge on any atom is -0.484 e. The number of anilines is 1. The van der Waals surface area contributed by atoms with E-state index in [0.29, 0.717) is 11.1 Å². The Kier molecular flexibility index (Phi) is 6.71. The van der Waals surface area contributed by atoms with Gasteiger partial charge in [0, 0.05) is 5.69 Å². The lowest BCUT2D eigenvalue weighted by Gasteiger charge is -2.10. The van der Waals surface area contributed by atoms with E-state index in [4.69, 9.17) is 9.15 Å². The molecule has 0 fully saturated rings. The molecule has 0 saturated carbocycles. The van der Waals surface area contributed by atoms with Gasteiger partial charge in [0.2, 0.25) is 5.91 Å². The van der Waals surface area contributed by atoms with Crippen molar-refractivity contribution in [2.75, 3.05) is 5.32 Å². The maximum absolute atomic E-state index is 12.4. The van der Waals surface area contributed by atoms with Crippen LogP contribution in [0.5, 0.6) is 5.75 Å². The molecule has 1 N–H and O–H groups in total. The Labute approximate surface area is 168 Å². The van der Waals surface area contributed by atoms with Crippen LogP contribution in [0.4, 0.5) is 5.69 Å². The number of aromatic nitrogens is 2. The van der Waals surface area contributed by atoms with Crippen molar-refractivity contribution in [3.05, 3.63) is 65.5 Å². The molecule has 1 atom stereocenters. The highest BCUT2D eigenvalue weighted by Crippen LogP contribution is 2.24. The fraction of sp³-hybridized carbons (Fsp3) is 0.286. The molecule has 0 aliphatic carbocycles. The molecule has 1 aromatic heterocycles. The van der Waals surface area contributed by atoms with Gasteiger partial charge in [0.1, 0.15) is 5.75 Å². The van der Waals surface area contributed by atoms with Gasteiger partial charge in [0.25, 0.3) is 11.1 Å². The average Bonchev–Trinajstić information content (AvgIpc) is 3.14. The molecule has 0 saturated heterocycles. The van der Waals surface area contributed by atoms with Gasteiger partial charge >= 0.3 is 0 Å². The smallest absolute Gasteiger partial charge is 0.277 e. The number of nitrogens with one attached hydrogen (secondary N) is 1. The number of nitrogens with zero attached hydrogens (tertiary/aromatic N) is 2. The van der Waals surface area contributed by atoms with E-state index in [2.05, 4.69) is 22.4 Å². The van der Waals surface area contributed by atoms with Crippen molar-refractivity contribution in [2.24, 2.45) is 0 Å². The van der Waals surface area contributed by atoms with Crippen LogP contribution in [-0.2, 0) is 17.8 Å². The van der Waals surface area contributed by atoms with E-state index in [1.807, 2.05) is 55.5 Å². The van der Waals surface area contributed by atoms with Crippen molar-refractivity contribution in [3.63, 3.8) is 0 Å². The molecule has 0 aliphatic rings. The molecule has 0 radical (unpaired) electrons. The van der Waals surface area contributed by atoms with E-state index in [0.717, 1.165) is 23.4 Å². The number of rotatable bonds is 8. The van der Waals surface area contributed by atoms with Crippen molar-refractivity contribution < 1.29 is 13.9 Å². The lowest BCUT2D eigenvalue weighted by atomic mass is 10.1. The molecule has 2 aromatic carbocycles. The molecular weight excluding hydrogens is 374 g/mol. The largest absolute Gasteiger partial charge is 0.484 e. The Bertz CT molecular complexity index is 925. The summed E-state index contributed by atoms with van der Waals surface area (Å²) in [6.45, 7) is 6.07. The van der Waals surface area contributed by atoms with E-state index in [9.17, 15) is 4.79 Å². The second-order valence-corrected chi connectivity index (χ2v) is 7.66. The Morgan fingerprint density at radius 1 is 1.21 bits per heavy atom. The number of ether oxygens (including phenoxy) is 1. The maximum Gasteiger partial charge on any atom is 0.277 e. The van der Waals surface area contributed by atoms with E-state index < -0.39 is 0 Å². The van der Waals surface area contributed by atoms with Crippen LogP contribution >= 0.6 is 11.8 Å². The van der Waals surface area contributed by atoms with Crippen LogP contribution in [0.3, 0.4) is 0 Å². The number of carbonyl (C=O) groups is 1. The van der Waals surface area contributed by atoms with Gasteiger partial charge in [-0.05, 0) is 55.7 Å². The maximum atomic E-state index is 12.4. The first kappa shape index (κ1) is 19.9. The molecule has 1 amide bonds. The third-order valence-electron chi connectivity index (χ3n) is 4.08. The molecule has 0 spiro atoms. The number of aryl methyl sites for hydroxylation is 2. The molecule has 1 heterocycles. The molecule has 0 aliphatic heterocycles. The molecule has 3 aromatic rings. The zero-order chi connectivity index (χ0) is 19.9. The molecular formula is C21H23N3O3S. The van der Waals surface area contributed by atoms with E-state index >= 15 is 0 Å². The zero-order valence-corrected chi connectivity index (χ0v) is 17.0. The predicted octanol–water partition coefficient (Wildman–Crippen LogP) is 4.64. The number of thioether (sulfide) groups is 1. The third-order valence-corrected chi connectivity index (χ3v) is 5.01. The van der Waals surface area contributed by atoms with Gasteiger partial charge in [0.05, 0.1) is 5.25 Å². The Morgan fingerprint density at radius 3 is 2.71 bits per heavy atom. The van der Waals surface area contributed by atoms with Crippen LogP contribution in [0.1, 0.15) is 30.9 Å². The average molecular weight is 398 g/mol. The molecule has 3 rings (SSSR count). The first-order chi connectivity index (χ1) is 13.5. The quantitative estimate of drug-likeness (QED) is 0.558. The van der Waals surface area contributed by atoms with Crippen molar-refractivity contribution in [3.8, 4) is 5.75 Å². The Hall–Kier alpha value is -2.80. The summed E-state index contributed by atoms with van der Waals surface area (Å²) in [5, 5.41) is 10.8. The third kappa shape index (κ3) is 5.60. The highest BCUT2D eigenvalue weighted by atomic mass is 32.2. The zero-order valence-electron chi connectivity index (χ0n) is 16.1. The second kappa shape index (κ2) is 9.41. The topological polar surface area (TPSA) is 77.2 Å². The summed E-state index contributed by atoms with van der Waals surface area (Å²) < 4.78 is 11.2. The minimum atomic E-state index is -0.378. The number of benzene rings is 2. The number of amides is 1. The highest BCUT2D eigenvalue weighted by molar-refractivity contribution is 8.00. The summed E-state index contributed by atoms with van der Waals surface area (Å²) in [7, 11) is 0. The van der Waals surface area contributed by atoms with Crippen LogP contribution in [0, 0.1) is 6.92 Å². The van der Waals surface area contributed by atoms with Gasteiger partial charge in [-0.25, -0.2) is 0 Å². The Balaban J connectivity index is 1.51. The molecule has 146 valence electrons. The van der Waals surface area contributed by atoms with Crippen LogP contribution < -0.4 is 10.1 Å². The van der Waals surface area contributed by atoms with Crippen LogP contribution in [0.25, 0.3) is 0 Å². The molecule has 6 nitrogen and oxygen atoms in total. The van der Waals surface area contributed by atoms with Crippen LogP contribution in [0.2, 0.25) is 0 Å². The van der Waals surface area contributed by atoms with Crippen LogP contribution in [-0.4, -0.2) is 21.4 Å². The minimum absolute atomic E-state index is 0.120. The molecule has 0 unspecified atom stereocenters. The monoisotopic (exact) mass is 397 g/mol. The fourth-order valence-electron chi connectivity index (χ4n) is 2.47. The second-order valence-electron chi connectivity index (χ2n) is 6.37.